The zero-order valence-electron chi connectivity index (χ0n) is 11.6. The van der Waals surface area contributed by atoms with Gasteiger partial charge in [-0.2, -0.15) is 18.4 Å². The lowest BCUT2D eigenvalue weighted by Crippen LogP contribution is -2.04. The van der Waals surface area contributed by atoms with Crippen LogP contribution in [0.25, 0.3) is 11.1 Å². The summed E-state index contributed by atoms with van der Waals surface area (Å²) in [4.78, 5) is 4.26. The van der Waals surface area contributed by atoms with Gasteiger partial charge in [0, 0.05) is 5.75 Å². The molecule has 1 heterocycles. The molecule has 0 bridgehead atoms. The third kappa shape index (κ3) is 3.48. The van der Waals surface area contributed by atoms with Crippen LogP contribution in [0.15, 0.2) is 52.1 Å². The zero-order valence-corrected chi connectivity index (χ0v) is 12.4. The number of rotatable bonds is 3. The van der Waals surface area contributed by atoms with Crippen LogP contribution in [0, 0.1) is 11.3 Å². The van der Waals surface area contributed by atoms with Crippen molar-refractivity contribution in [2.24, 2.45) is 0 Å². The summed E-state index contributed by atoms with van der Waals surface area (Å²) in [6, 6.07) is 11.9. The van der Waals surface area contributed by atoms with Crippen molar-refractivity contribution in [2.45, 2.75) is 17.2 Å². The summed E-state index contributed by atoms with van der Waals surface area (Å²) in [5.41, 5.74) is 1.71. The van der Waals surface area contributed by atoms with Crippen molar-refractivity contribution in [3.05, 3.63) is 59.2 Å². The van der Waals surface area contributed by atoms with Gasteiger partial charge in [0.05, 0.1) is 17.2 Å². The smallest absolute Gasteiger partial charge is 0.416 e. The molecule has 3 nitrogen and oxygen atoms in total. The van der Waals surface area contributed by atoms with Crippen LogP contribution >= 0.6 is 11.8 Å². The molecule has 0 spiro atoms. The summed E-state index contributed by atoms with van der Waals surface area (Å²) in [5.74, 6) is 0.441. The van der Waals surface area contributed by atoms with Gasteiger partial charge in [0.2, 0.25) is 0 Å². The van der Waals surface area contributed by atoms with Gasteiger partial charge in [-0.05, 0) is 35.9 Å². The van der Waals surface area contributed by atoms with E-state index in [4.69, 9.17) is 9.68 Å². The summed E-state index contributed by atoms with van der Waals surface area (Å²) in [6.45, 7) is 0. The maximum Gasteiger partial charge on any atom is 0.416 e. The van der Waals surface area contributed by atoms with Crippen molar-refractivity contribution < 1.29 is 17.6 Å². The van der Waals surface area contributed by atoms with Crippen molar-refractivity contribution in [1.29, 1.82) is 5.26 Å². The van der Waals surface area contributed by atoms with Gasteiger partial charge in [-0.1, -0.05) is 23.9 Å². The summed E-state index contributed by atoms with van der Waals surface area (Å²) in [7, 11) is 0. The van der Waals surface area contributed by atoms with E-state index in [0.717, 1.165) is 17.7 Å². The maximum absolute atomic E-state index is 12.5. The Kier molecular flexibility index (Phi) is 4.01. The highest BCUT2D eigenvalue weighted by atomic mass is 32.2. The van der Waals surface area contributed by atoms with Gasteiger partial charge in [-0.25, -0.2) is 4.98 Å². The molecule has 116 valence electrons. The van der Waals surface area contributed by atoms with Gasteiger partial charge in [-0.3, -0.25) is 0 Å². The Morgan fingerprint density at radius 3 is 2.52 bits per heavy atom. The molecular weight excluding hydrogens is 325 g/mol. The molecule has 0 saturated heterocycles. The molecule has 0 aliphatic heterocycles. The van der Waals surface area contributed by atoms with E-state index >= 15 is 0 Å². The number of thioether (sulfide) groups is 1. The number of nitriles is 1. The number of fused-ring (bicyclic) bond motifs is 1. The van der Waals surface area contributed by atoms with Crippen LogP contribution in [0.2, 0.25) is 0 Å². The first-order valence-electron chi connectivity index (χ1n) is 6.55. The zero-order chi connectivity index (χ0) is 16.4. The molecule has 0 unspecified atom stereocenters. The predicted molar refractivity (Wildman–Crippen MR) is 79.7 cm³/mol. The Bertz CT molecular complexity index is 879. The summed E-state index contributed by atoms with van der Waals surface area (Å²) in [6.07, 6.45) is -4.33. The monoisotopic (exact) mass is 334 g/mol. The first-order valence-corrected chi connectivity index (χ1v) is 7.54. The number of hydrogen-bond donors (Lipinski definition) is 0. The summed E-state index contributed by atoms with van der Waals surface area (Å²) < 4.78 is 43.0. The van der Waals surface area contributed by atoms with Gasteiger partial charge in [-0.15, -0.1) is 0 Å². The topological polar surface area (TPSA) is 49.8 Å². The van der Waals surface area contributed by atoms with Crippen LogP contribution < -0.4 is 0 Å². The van der Waals surface area contributed by atoms with Crippen LogP contribution in [0.4, 0.5) is 13.2 Å². The minimum Gasteiger partial charge on any atom is -0.431 e. The SMILES string of the molecule is N#Cc1ccc2oc(SCc3ccc(C(F)(F)F)cc3)nc2c1. The van der Waals surface area contributed by atoms with Crippen LogP contribution in [0.1, 0.15) is 16.7 Å². The predicted octanol–water partition coefficient (Wildman–Crippen LogP) is 5.01. The van der Waals surface area contributed by atoms with E-state index in [9.17, 15) is 13.2 Å². The summed E-state index contributed by atoms with van der Waals surface area (Å²) >= 11 is 1.28. The number of aromatic nitrogens is 1. The highest BCUT2D eigenvalue weighted by Gasteiger charge is 2.29. The minimum atomic E-state index is -4.33. The molecular formula is C16H9F3N2OS. The van der Waals surface area contributed by atoms with E-state index in [1.165, 1.54) is 23.9 Å². The third-order valence-corrected chi connectivity index (χ3v) is 4.04. The molecule has 0 saturated carbocycles. The first-order chi connectivity index (χ1) is 11.0. The number of nitrogens with zero attached hydrogens (tertiary/aromatic N) is 2. The Labute approximate surface area is 133 Å². The van der Waals surface area contributed by atoms with Crippen molar-refractivity contribution in [3.8, 4) is 6.07 Å². The highest BCUT2D eigenvalue weighted by molar-refractivity contribution is 7.98. The van der Waals surface area contributed by atoms with Crippen LogP contribution in [0.3, 0.4) is 0 Å². The van der Waals surface area contributed by atoms with Gasteiger partial charge in [0.25, 0.3) is 5.22 Å². The fraction of sp³-hybridized carbons (Fsp3) is 0.125. The van der Waals surface area contributed by atoms with Crippen molar-refractivity contribution in [2.75, 3.05) is 0 Å². The van der Waals surface area contributed by atoms with Gasteiger partial charge >= 0.3 is 6.18 Å². The molecule has 3 aromatic rings. The largest absolute Gasteiger partial charge is 0.431 e. The molecule has 0 aliphatic carbocycles. The van der Waals surface area contributed by atoms with Gasteiger partial charge in [0.1, 0.15) is 5.52 Å². The van der Waals surface area contributed by atoms with Crippen LogP contribution in [-0.4, -0.2) is 4.98 Å². The van der Waals surface area contributed by atoms with Crippen LogP contribution in [-0.2, 0) is 11.9 Å². The molecule has 0 aliphatic rings. The standard InChI is InChI=1S/C16H9F3N2OS/c17-16(18,19)12-4-1-10(2-5-12)9-23-15-21-13-7-11(8-20)3-6-14(13)22-15/h1-7H,9H2. The van der Waals surface area contributed by atoms with E-state index in [2.05, 4.69) is 4.98 Å². The Morgan fingerprint density at radius 1 is 1.13 bits per heavy atom. The molecule has 1 aromatic heterocycles. The van der Waals surface area contributed by atoms with E-state index < -0.39 is 11.7 Å². The second-order valence-electron chi connectivity index (χ2n) is 4.76. The van der Waals surface area contributed by atoms with Gasteiger partial charge < -0.3 is 4.42 Å². The number of halogens is 3. The van der Waals surface area contributed by atoms with Crippen molar-refractivity contribution >= 4 is 22.9 Å². The average molecular weight is 334 g/mol. The Morgan fingerprint density at radius 2 is 1.87 bits per heavy atom. The van der Waals surface area contributed by atoms with Crippen LogP contribution in [0.5, 0.6) is 0 Å². The van der Waals surface area contributed by atoms with Crippen molar-refractivity contribution in [3.63, 3.8) is 0 Å². The quantitative estimate of drug-likeness (QED) is 0.632. The molecule has 7 heteroatoms. The van der Waals surface area contributed by atoms with E-state index in [-0.39, 0.29) is 0 Å². The maximum atomic E-state index is 12.5. The Balaban J connectivity index is 1.72. The van der Waals surface area contributed by atoms with E-state index in [0.29, 0.717) is 27.6 Å². The number of oxazole rings is 1. The highest BCUT2D eigenvalue weighted by Crippen LogP contribution is 2.31. The fourth-order valence-electron chi connectivity index (χ4n) is 1.97. The molecule has 0 amide bonds. The molecule has 0 fully saturated rings. The average Bonchev–Trinajstić information content (AvgIpc) is 2.94. The van der Waals surface area contributed by atoms with Gasteiger partial charge in [0.15, 0.2) is 5.58 Å². The molecule has 23 heavy (non-hydrogen) atoms. The lowest BCUT2D eigenvalue weighted by molar-refractivity contribution is -0.137. The van der Waals surface area contributed by atoms with E-state index in [1.807, 2.05) is 6.07 Å². The lowest BCUT2D eigenvalue weighted by atomic mass is 10.1. The van der Waals surface area contributed by atoms with Crippen molar-refractivity contribution in [1.82, 2.24) is 4.98 Å². The minimum absolute atomic E-state index is 0.412. The normalized spacial score (nSPS) is 11.6. The molecule has 0 atom stereocenters. The Hall–Kier alpha value is -2.46. The van der Waals surface area contributed by atoms with E-state index in [1.54, 1.807) is 18.2 Å². The number of hydrogen-bond acceptors (Lipinski definition) is 4. The number of benzene rings is 2. The molecule has 2 aromatic carbocycles. The second kappa shape index (κ2) is 5.97. The fourth-order valence-corrected chi connectivity index (χ4v) is 2.77. The second-order valence-corrected chi connectivity index (χ2v) is 5.68. The molecule has 0 radical (unpaired) electrons. The third-order valence-electron chi connectivity index (χ3n) is 3.14. The number of alkyl halides is 3. The lowest BCUT2D eigenvalue weighted by Gasteiger charge is -2.06. The molecule has 3 rings (SSSR count). The molecule has 0 N–H and O–H groups in total. The summed E-state index contributed by atoms with van der Waals surface area (Å²) in [5, 5.41) is 9.25. The first kappa shape index (κ1) is 15.4.